The van der Waals surface area contributed by atoms with Gasteiger partial charge in [0.15, 0.2) is 0 Å². The Hall–Kier alpha value is -3.41. The summed E-state index contributed by atoms with van der Waals surface area (Å²) < 4.78 is 5.35. The molecule has 0 bridgehead atoms. The monoisotopic (exact) mass is 390 g/mol. The van der Waals surface area contributed by atoms with E-state index in [9.17, 15) is 4.79 Å². The highest BCUT2D eigenvalue weighted by molar-refractivity contribution is 5.93. The average molecular weight is 390 g/mol. The van der Waals surface area contributed by atoms with Gasteiger partial charge in [0, 0.05) is 18.3 Å². The Kier molecular flexibility index (Phi) is 6.79. The van der Waals surface area contributed by atoms with Crippen molar-refractivity contribution in [2.75, 3.05) is 19.0 Å². The number of carbonyl (C=O) groups is 1. The molecule has 1 heterocycles. The topological polar surface area (TPSA) is 76.1 Å². The summed E-state index contributed by atoms with van der Waals surface area (Å²) in [5.74, 6) is 1.74. The van der Waals surface area contributed by atoms with E-state index in [-0.39, 0.29) is 5.91 Å². The number of nitrogens with zero attached hydrogens (tertiary/aromatic N) is 2. The van der Waals surface area contributed by atoms with Crippen molar-refractivity contribution in [3.05, 3.63) is 77.2 Å². The van der Waals surface area contributed by atoms with Gasteiger partial charge in [-0.05, 0) is 43.0 Å². The highest BCUT2D eigenvalue weighted by atomic mass is 16.5. The lowest BCUT2D eigenvalue weighted by Gasteiger charge is -2.12. The fourth-order valence-corrected chi connectivity index (χ4v) is 3.15. The number of ether oxygens (including phenoxy) is 1. The van der Waals surface area contributed by atoms with Crippen molar-refractivity contribution in [1.82, 2.24) is 15.3 Å². The summed E-state index contributed by atoms with van der Waals surface area (Å²) in [6.45, 7) is 4.37. The Labute approximate surface area is 171 Å². The molecule has 3 aromatic rings. The lowest BCUT2D eigenvalue weighted by atomic mass is 10.1. The van der Waals surface area contributed by atoms with Crippen LogP contribution in [0.2, 0.25) is 0 Å². The van der Waals surface area contributed by atoms with Gasteiger partial charge in [-0.1, -0.05) is 43.3 Å². The van der Waals surface area contributed by atoms with Gasteiger partial charge in [-0.2, -0.15) is 0 Å². The van der Waals surface area contributed by atoms with Gasteiger partial charge in [-0.25, -0.2) is 9.97 Å². The summed E-state index contributed by atoms with van der Waals surface area (Å²) in [4.78, 5) is 21.3. The third-order valence-electron chi connectivity index (χ3n) is 4.60. The molecule has 0 saturated heterocycles. The number of hydrogen-bond acceptors (Lipinski definition) is 5. The van der Waals surface area contributed by atoms with E-state index < -0.39 is 0 Å². The molecule has 2 aromatic carbocycles. The largest absolute Gasteiger partial charge is 0.496 e. The van der Waals surface area contributed by atoms with Gasteiger partial charge < -0.3 is 15.4 Å². The predicted octanol–water partition coefficient (Wildman–Crippen LogP) is 4.07. The number of anilines is 2. The zero-order valence-corrected chi connectivity index (χ0v) is 17.0. The van der Waals surface area contributed by atoms with Gasteiger partial charge in [0.25, 0.3) is 5.91 Å². The van der Waals surface area contributed by atoms with E-state index >= 15 is 0 Å². The van der Waals surface area contributed by atoms with Gasteiger partial charge >= 0.3 is 0 Å². The zero-order valence-electron chi connectivity index (χ0n) is 17.0. The molecule has 0 aliphatic carbocycles. The molecule has 2 N–H and O–H groups in total. The molecule has 0 aliphatic rings. The molecule has 0 atom stereocenters. The molecule has 29 heavy (non-hydrogen) atoms. The first kappa shape index (κ1) is 20.3. The second kappa shape index (κ2) is 9.68. The molecule has 0 radical (unpaired) electrons. The summed E-state index contributed by atoms with van der Waals surface area (Å²) in [6, 6.07) is 17.5. The summed E-state index contributed by atoms with van der Waals surface area (Å²) in [7, 11) is 1.65. The molecule has 6 heteroatoms. The third-order valence-corrected chi connectivity index (χ3v) is 4.60. The van der Waals surface area contributed by atoms with E-state index in [1.165, 1.54) is 5.56 Å². The predicted molar refractivity (Wildman–Crippen MR) is 115 cm³/mol. The average Bonchev–Trinajstić information content (AvgIpc) is 2.74. The first-order valence-electron chi connectivity index (χ1n) is 9.71. The van der Waals surface area contributed by atoms with Crippen LogP contribution in [0.1, 0.15) is 34.4 Å². The SMILES string of the molecule is CCc1ccccc1Nc1cc(C(=O)NCCc2ccccc2OC)nc(C)n1. The van der Waals surface area contributed by atoms with Crippen LogP contribution in [0.5, 0.6) is 5.75 Å². The highest BCUT2D eigenvalue weighted by Gasteiger charge is 2.12. The van der Waals surface area contributed by atoms with E-state index in [1.807, 2.05) is 42.5 Å². The van der Waals surface area contributed by atoms with Gasteiger partial charge in [-0.15, -0.1) is 0 Å². The number of benzene rings is 2. The highest BCUT2D eigenvalue weighted by Crippen LogP contribution is 2.21. The number of rotatable bonds is 8. The maximum Gasteiger partial charge on any atom is 0.270 e. The number of methoxy groups -OCH3 is 1. The summed E-state index contributed by atoms with van der Waals surface area (Å²) in [6.07, 6.45) is 1.58. The van der Waals surface area contributed by atoms with E-state index in [2.05, 4.69) is 33.6 Å². The lowest BCUT2D eigenvalue weighted by molar-refractivity contribution is 0.0948. The van der Waals surface area contributed by atoms with E-state index in [0.29, 0.717) is 30.3 Å². The van der Waals surface area contributed by atoms with Crippen LogP contribution in [0, 0.1) is 6.92 Å². The fourth-order valence-electron chi connectivity index (χ4n) is 3.15. The van der Waals surface area contributed by atoms with Gasteiger partial charge in [0.2, 0.25) is 0 Å². The van der Waals surface area contributed by atoms with Crippen LogP contribution in [0.3, 0.4) is 0 Å². The number of carbonyl (C=O) groups excluding carboxylic acids is 1. The van der Waals surface area contributed by atoms with Gasteiger partial charge in [-0.3, -0.25) is 4.79 Å². The number of amides is 1. The Bertz CT molecular complexity index is 988. The van der Waals surface area contributed by atoms with Gasteiger partial charge in [0.05, 0.1) is 7.11 Å². The number of aromatic nitrogens is 2. The first-order valence-corrected chi connectivity index (χ1v) is 9.71. The lowest BCUT2D eigenvalue weighted by Crippen LogP contribution is -2.27. The molecule has 0 unspecified atom stereocenters. The zero-order chi connectivity index (χ0) is 20.6. The maximum absolute atomic E-state index is 12.6. The summed E-state index contributed by atoms with van der Waals surface area (Å²) >= 11 is 0. The standard InChI is InChI=1S/C23H26N4O2/c1-4-17-9-5-7-11-19(17)27-22-15-20(25-16(2)26-22)23(28)24-14-13-18-10-6-8-12-21(18)29-3/h5-12,15H,4,13-14H2,1-3H3,(H,24,28)(H,25,26,27). The normalized spacial score (nSPS) is 10.4. The van der Waals surface area contributed by atoms with Crippen molar-refractivity contribution >= 4 is 17.4 Å². The minimum absolute atomic E-state index is 0.225. The van der Waals surface area contributed by atoms with Crippen LogP contribution in [-0.2, 0) is 12.8 Å². The maximum atomic E-state index is 12.6. The van der Waals surface area contributed by atoms with Crippen molar-refractivity contribution in [1.29, 1.82) is 0 Å². The molecule has 1 aromatic heterocycles. The van der Waals surface area contributed by atoms with E-state index in [1.54, 1.807) is 20.1 Å². The van der Waals surface area contributed by atoms with Crippen LogP contribution in [-0.4, -0.2) is 29.5 Å². The van der Waals surface area contributed by atoms with Crippen LogP contribution in [0.15, 0.2) is 54.6 Å². The van der Waals surface area contributed by atoms with Crippen molar-refractivity contribution in [2.45, 2.75) is 26.7 Å². The Morgan fingerprint density at radius 2 is 1.76 bits per heavy atom. The Morgan fingerprint density at radius 1 is 1.03 bits per heavy atom. The van der Waals surface area contributed by atoms with Gasteiger partial charge in [0.1, 0.15) is 23.1 Å². The molecule has 0 fully saturated rings. The minimum atomic E-state index is -0.225. The Balaban J connectivity index is 1.68. The number of aryl methyl sites for hydroxylation is 2. The summed E-state index contributed by atoms with van der Waals surface area (Å²) in [5.41, 5.74) is 3.56. The Morgan fingerprint density at radius 3 is 2.52 bits per heavy atom. The molecule has 3 rings (SSSR count). The number of para-hydroxylation sites is 2. The molecule has 1 amide bonds. The van der Waals surface area contributed by atoms with Crippen molar-refractivity contribution in [3.8, 4) is 5.75 Å². The molecule has 0 saturated carbocycles. The molecule has 150 valence electrons. The van der Waals surface area contributed by atoms with E-state index in [4.69, 9.17) is 4.74 Å². The molecular weight excluding hydrogens is 364 g/mol. The second-order valence-corrected chi connectivity index (χ2v) is 6.64. The fraction of sp³-hybridized carbons (Fsp3) is 0.261. The third kappa shape index (κ3) is 5.31. The van der Waals surface area contributed by atoms with Crippen molar-refractivity contribution < 1.29 is 9.53 Å². The van der Waals surface area contributed by atoms with Crippen LogP contribution in [0.4, 0.5) is 11.5 Å². The van der Waals surface area contributed by atoms with Crippen LogP contribution in [0.25, 0.3) is 0 Å². The first-order chi connectivity index (χ1) is 14.1. The van der Waals surface area contributed by atoms with Crippen LogP contribution < -0.4 is 15.4 Å². The minimum Gasteiger partial charge on any atom is -0.496 e. The summed E-state index contributed by atoms with van der Waals surface area (Å²) in [5, 5.41) is 6.24. The van der Waals surface area contributed by atoms with Crippen molar-refractivity contribution in [3.63, 3.8) is 0 Å². The molecule has 6 nitrogen and oxygen atoms in total. The van der Waals surface area contributed by atoms with Crippen molar-refractivity contribution in [2.24, 2.45) is 0 Å². The molecular formula is C23H26N4O2. The molecule has 0 spiro atoms. The number of nitrogens with one attached hydrogen (secondary N) is 2. The van der Waals surface area contributed by atoms with Crippen LogP contribution >= 0.6 is 0 Å². The smallest absolute Gasteiger partial charge is 0.270 e. The second-order valence-electron chi connectivity index (χ2n) is 6.64. The molecule has 0 aliphatic heterocycles. The van der Waals surface area contributed by atoms with E-state index in [0.717, 1.165) is 23.4 Å². The quantitative estimate of drug-likeness (QED) is 0.606. The number of hydrogen-bond donors (Lipinski definition) is 2.